The molecule has 0 spiro atoms. The smallest absolute Gasteiger partial charge is 0.284 e. The number of furan rings is 1. The van der Waals surface area contributed by atoms with Crippen LogP contribution in [0.1, 0.15) is 10.6 Å². The first kappa shape index (κ1) is 10.6. The Kier molecular flexibility index (Phi) is 2.19. The van der Waals surface area contributed by atoms with Crippen LogP contribution in [-0.4, -0.2) is 15.7 Å². The Morgan fingerprint density at radius 1 is 1.33 bits per heavy atom. The van der Waals surface area contributed by atoms with Crippen LogP contribution in [0.4, 0.5) is 0 Å². The van der Waals surface area contributed by atoms with Crippen LogP contribution in [0.3, 0.4) is 0 Å². The van der Waals surface area contributed by atoms with Gasteiger partial charge in [-0.15, -0.1) is 0 Å². The van der Waals surface area contributed by atoms with Gasteiger partial charge in [-0.2, -0.15) is 5.10 Å². The molecule has 0 saturated carbocycles. The number of carbonyl (C=O) groups is 1. The van der Waals surface area contributed by atoms with Crippen molar-refractivity contribution >= 4 is 16.8 Å². The summed E-state index contributed by atoms with van der Waals surface area (Å²) in [6, 6.07) is 9.10. The number of fused-ring (bicyclic) bond motifs is 1. The number of nitrogens with zero attached hydrogens (tertiary/aromatic N) is 2. The molecule has 18 heavy (non-hydrogen) atoms. The quantitative estimate of drug-likeness (QED) is 0.745. The Morgan fingerprint density at radius 2 is 2.17 bits per heavy atom. The summed E-state index contributed by atoms with van der Waals surface area (Å²) in [5.41, 5.74) is 6.90. The van der Waals surface area contributed by atoms with E-state index < -0.39 is 5.91 Å². The molecule has 5 heteroatoms. The van der Waals surface area contributed by atoms with Gasteiger partial charge in [-0.05, 0) is 18.2 Å². The molecule has 0 aliphatic heterocycles. The van der Waals surface area contributed by atoms with Crippen LogP contribution in [0, 0.1) is 0 Å². The van der Waals surface area contributed by atoms with Crippen molar-refractivity contribution in [3.63, 3.8) is 0 Å². The Labute approximate surface area is 103 Å². The molecule has 3 aromatic rings. The third kappa shape index (κ3) is 1.66. The lowest BCUT2D eigenvalue weighted by Gasteiger charge is -1.96. The van der Waals surface area contributed by atoms with Crippen LogP contribution in [0.2, 0.25) is 0 Å². The van der Waals surface area contributed by atoms with Crippen molar-refractivity contribution < 1.29 is 9.21 Å². The van der Waals surface area contributed by atoms with E-state index in [1.165, 1.54) is 0 Å². The second-order valence-corrected chi connectivity index (χ2v) is 4.10. The first-order chi connectivity index (χ1) is 8.63. The number of primary amides is 1. The topological polar surface area (TPSA) is 74.0 Å². The Hall–Kier alpha value is -2.56. The fourth-order valence-electron chi connectivity index (χ4n) is 1.92. The lowest BCUT2D eigenvalue weighted by Crippen LogP contribution is -2.09. The van der Waals surface area contributed by atoms with Crippen molar-refractivity contribution in [1.29, 1.82) is 0 Å². The number of rotatable bonds is 2. The Bertz CT molecular complexity index is 740. The average Bonchev–Trinajstić information content (AvgIpc) is 2.91. The minimum absolute atomic E-state index is 0.158. The van der Waals surface area contributed by atoms with Crippen LogP contribution < -0.4 is 5.73 Å². The molecule has 0 aliphatic rings. The highest BCUT2D eigenvalue weighted by molar-refractivity contribution is 5.91. The standard InChI is InChI=1S/C13H11N3O2/c1-16-7-9-3-2-8(6-10(9)15-16)11-4-5-12(18-11)13(14)17/h2-7H,1H3,(H2,14,17). The molecule has 5 nitrogen and oxygen atoms in total. The molecular formula is C13H11N3O2. The number of hydrogen-bond acceptors (Lipinski definition) is 3. The van der Waals surface area contributed by atoms with Crippen molar-refractivity contribution in [2.75, 3.05) is 0 Å². The van der Waals surface area contributed by atoms with E-state index in [4.69, 9.17) is 10.2 Å². The highest BCUT2D eigenvalue weighted by atomic mass is 16.3. The van der Waals surface area contributed by atoms with Gasteiger partial charge in [-0.1, -0.05) is 12.1 Å². The molecule has 0 atom stereocenters. The molecule has 0 unspecified atom stereocenters. The van der Waals surface area contributed by atoms with Crippen LogP contribution in [0.5, 0.6) is 0 Å². The van der Waals surface area contributed by atoms with Gasteiger partial charge >= 0.3 is 0 Å². The zero-order valence-electron chi connectivity index (χ0n) is 9.75. The van der Waals surface area contributed by atoms with Gasteiger partial charge < -0.3 is 10.2 Å². The van der Waals surface area contributed by atoms with Crippen molar-refractivity contribution in [2.45, 2.75) is 0 Å². The number of carbonyl (C=O) groups excluding carboxylic acids is 1. The molecule has 1 amide bonds. The van der Waals surface area contributed by atoms with Gasteiger partial charge in [0.05, 0.1) is 5.52 Å². The number of amides is 1. The Morgan fingerprint density at radius 3 is 2.89 bits per heavy atom. The van der Waals surface area contributed by atoms with Gasteiger partial charge in [0.1, 0.15) is 5.76 Å². The molecule has 90 valence electrons. The summed E-state index contributed by atoms with van der Waals surface area (Å²) in [6.07, 6.45) is 1.94. The van der Waals surface area contributed by atoms with Crippen molar-refractivity contribution in [3.05, 3.63) is 42.3 Å². The van der Waals surface area contributed by atoms with Gasteiger partial charge in [0.2, 0.25) is 0 Å². The highest BCUT2D eigenvalue weighted by Gasteiger charge is 2.09. The van der Waals surface area contributed by atoms with E-state index in [1.807, 2.05) is 31.4 Å². The minimum Gasteiger partial charge on any atom is -0.451 e. The third-order valence-corrected chi connectivity index (χ3v) is 2.76. The van der Waals surface area contributed by atoms with E-state index in [-0.39, 0.29) is 5.76 Å². The van der Waals surface area contributed by atoms with Crippen LogP contribution in [-0.2, 0) is 7.05 Å². The fourth-order valence-corrected chi connectivity index (χ4v) is 1.92. The van der Waals surface area contributed by atoms with E-state index in [9.17, 15) is 4.79 Å². The van der Waals surface area contributed by atoms with Crippen LogP contribution in [0.15, 0.2) is 40.9 Å². The molecule has 0 radical (unpaired) electrons. The number of benzene rings is 1. The third-order valence-electron chi connectivity index (χ3n) is 2.76. The molecule has 2 heterocycles. The van der Waals surface area contributed by atoms with E-state index >= 15 is 0 Å². The molecular weight excluding hydrogens is 230 g/mol. The van der Waals surface area contributed by atoms with E-state index in [0.717, 1.165) is 16.5 Å². The minimum atomic E-state index is -0.569. The highest BCUT2D eigenvalue weighted by Crippen LogP contribution is 2.25. The van der Waals surface area contributed by atoms with Gasteiger partial charge in [0.25, 0.3) is 5.91 Å². The molecule has 3 rings (SSSR count). The molecule has 0 aliphatic carbocycles. The van der Waals surface area contributed by atoms with E-state index in [1.54, 1.807) is 16.8 Å². The monoisotopic (exact) mass is 241 g/mol. The maximum absolute atomic E-state index is 11.0. The summed E-state index contributed by atoms with van der Waals surface area (Å²) in [7, 11) is 1.87. The van der Waals surface area contributed by atoms with Gasteiger partial charge in [0.15, 0.2) is 5.76 Å². The van der Waals surface area contributed by atoms with Crippen LogP contribution >= 0.6 is 0 Å². The summed E-state index contributed by atoms with van der Waals surface area (Å²) in [5.74, 6) is 0.197. The number of nitrogens with two attached hydrogens (primary N) is 1. The molecule has 0 fully saturated rings. The van der Waals surface area contributed by atoms with Gasteiger partial charge in [0, 0.05) is 24.2 Å². The Balaban J connectivity index is 2.09. The van der Waals surface area contributed by atoms with Gasteiger partial charge in [-0.3, -0.25) is 9.48 Å². The second-order valence-electron chi connectivity index (χ2n) is 4.10. The molecule has 0 saturated heterocycles. The molecule has 2 N–H and O–H groups in total. The summed E-state index contributed by atoms with van der Waals surface area (Å²) in [6.45, 7) is 0. The number of aromatic nitrogens is 2. The predicted octanol–water partition coefficient (Wildman–Crippen LogP) is 1.93. The SMILES string of the molecule is Cn1cc2ccc(-c3ccc(C(N)=O)o3)cc2n1. The maximum atomic E-state index is 11.0. The molecule has 2 aromatic heterocycles. The van der Waals surface area contributed by atoms with Crippen LogP contribution in [0.25, 0.3) is 22.2 Å². The van der Waals surface area contributed by atoms with Crippen molar-refractivity contribution in [2.24, 2.45) is 12.8 Å². The lowest BCUT2D eigenvalue weighted by molar-refractivity contribution is 0.0974. The fraction of sp³-hybridized carbons (Fsp3) is 0.0769. The first-order valence-corrected chi connectivity index (χ1v) is 5.47. The van der Waals surface area contributed by atoms with Crippen molar-refractivity contribution in [3.8, 4) is 11.3 Å². The average molecular weight is 241 g/mol. The zero-order chi connectivity index (χ0) is 12.7. The van der Waals surface area contributed by atoms with E-state index in [2.05, 4.69) is 5.10 Å². The van der Waals surface area contributed by atoms with Gasteiger partial charge in [-0.25, -0.2) is 0 Å². The summed E-state index contributed by atoms with van der Waals surface area (Å²) >= 11 is 0. The summed E-state index contributed by atoms with van der Waals surface area (Å²) in [4.78, 5) is 11.0. The van der Waals surface area contributed by atoms with E-state index in [0.29, 0.717) is 5.76 Å². The maximum Gasteiger partial charge on any atom is 0.284 e. The molecule has 1 aromatic carbocycles. The second kappa shape index (κ2) is 3.73. The lowest BCUT2D eigenvalue weighted by atomic mass is 10.1. The number of hydrogen-bond donors (Lipinski definition) is 1. The summed E-state index contributed by atoms with van der Waals surface area (Å²) in [5, 5.41) is 5.38. The normalized spacial score (nSPS) is 10.9. The van der Waals surface area contributed by atoms with Crippen molar-refractivity contribution in [1.82, 2.24) is 9.78 Å². The largest absolute Gasteiger partial charge is 0.451 e. The number of aryl methyl sites for hydroxylation is 1. The predicted molar refractivity (Wildman–Crippen MR) is 66.9 cm³/mol. The molecule has 0 bridgehead atoms. The first-order valence-electron chi connectivity index (χ1n) is 5.47. The summed E-state index contributed by atoms with van der Waals surface area (Å²) < 4.78 is 7.13. The zero-order valence-corrected chi connectivity index (χ0v) is 9.75.